The maximum Gasteiger partial charge on any atom is 0.0126 e. The summed E-state index contributed by atoms with van der Waals surface area (Å²) in [7, 11) is 0. The highest BCUT2D eigenvalue weighted by molar-refractivity contribution is 5.77. The molecule has 0 amide bonds. The molecule has 0 bridgehead atoms. The van der Waals surface area contributed by atoms with Crippen LogP contribution in [0.25, 0.3) is 5.57 Å². The number of hydrogen-bond acceptors (Lipinski definition) is 0. The Morgan fingerprint density at radius 1 is 0.952 bits per heavy atom. The van der Waals surface area contributed by atoms with Crippen molar-refractivity contribution >= 4 is 5.57 Å². The SMILES string of the molecule is CC[C@@H](c1ccccc1)C1C(C)=C(C)c2ccc(C)cc21. The van der Waals surface area contributed by atoms with Gasteiger partial charge in [0.25, 0.3) is 0 Å². The Labute approximate surface area is 128 Å². The summed E-state index contributed by atoms with van der Waals surface area (Å²) in [6.45, 7) is 9.11. The van der Waals surface area contributed by atoms with Gasteiger partial charge in [0.2, 0.25) is 0 Å². The molecule has 0 heteroatoms. The molecule has 0 radical (unpaired) electrons. The minimum absolute atomic E-state index is 0.535. The van der Waals surface area contributed by atoms with Gasteiger partial charge in [0.15, 0.2) is 0 Å². The largest absolute Gasteiger partial charge is 0.0648 e. The topological polar surface area (TPSA) is 0 Å². The quantitative estimate of drug-likeness (QED) is 0.637. The number of fused-ring (bicyclic) bond motifs is 1. The van der Waals surface area contributed by atoms with E-state index in [1.807, 2.05) is 0 Å². The third-order valence-corrected chi connectivity index (χ3v) is 5.07. The van der Waals surface area contributed by atoms with Gasteiger partial charge in [-0.05, 0) is 55.4 Å². The lowest BCUT2D eigenvalue weighted by molar-refractivity contribution is 0.584. The molecule has 0 N–H and O–H groups in total. The number of hydrogen-bond donors (Lipinski definition) is 0. The fraction of sp³-hybridized carbons (Fsp3) is 0.333. The molecule has 2 aromatic rings. The van der Waals surface area contributed by atoms with Crippen molar-refractivity contribution in [2.24, 2.45) is 0 Å². The van der Waals surface area contributed by atoms with Crippen molar-refractivity contribution in [1.82, 2.24) is 0 Å². The van der Waals surface area contributed by atoms with Gasteiger partial charge in [-0.1, -0.05) is 66.6 Å². The fourth-order valence-corrected chi connectivity index (χ4v) is 3.84. The molecule has 108 valence electrons. The maximum absolute atomic E-state index is 2.39. The first-order chi connectivity index (χ1) is 10.1. The monoisotopic (exact) mass is 276 g/mol. The lowest BCUT2D eigenvalue weighted by atomic mass is 9.78. The van der Waals surface area contributed by atoms with E-state index in [1.165, 1.54) is 34.2 Å². The Bertz CT molecular complexity index is 676. The smallest absolute Gasteiger partial charge is 0.0126 e. The summed E-state index contributed by atoms with van der Waals surface area (Å²) in [6, 6.07) is 17.9. The molecule has 0 spiro atoms. The van der Waals surface area contributed by atoms with Gasteiger partial charge in [0, 0.05) is 5.92 Å². The second-order valence-corrected chi connectivity index (χ2v) is 6.30. The van der Waals surface area contributed by atoms with Gasteiger partial charge in [-0.2, -0.15) is 0 Å². The molecule has 3 rings (SSSR count). The third-order valence-electron chi connectivity index (χ3n) is 5.07. The molecule has 0 saturated heterocycles. The minimum atomic E-state index is 0.535. The van der Waals surface area contributed by atoms with E-state index in [0.29, 0.717) is 11.8 Å². The zero-order chi connectivity index (χ0) is 15.0. The summed E-state index contributed by atoms with van der Waals surface area (Å²) in [6.07, 6.45) is 1.17. The summed E-state index contributed by atoms with van der Waals surface area (Å²) in [5.41, 5.74) is 8.84. The second kappa shape index (κ2) is 5.52. The van der Waals surface area contributed by atoms with Crippen molar-refractivity contribution in [1.29, 1.82) is 0 Å². The zero-order valence-corrected chi connectivity index (χ0v) is 13.5. The van der Waals surface area contributed by atoms with E-state index in [0.717, 1.165) is 0 Å². The van der Waals surface area contributed by atoms with Crippen LogP contribution in [0.4, 0.5) is 0 Å². The van der Waals surface area contributed by atoms with Gasteiger partial charge in [-0.15, -0.1) is 0 Å². The first-order valence-corrected chi connectivity index (χ1v) is 7.96. The Morgan fingerprint density at radius 2 is 1.67 bits per heavy atom. The van der Waals surface area contributed by atoms with E-state index in [4.69, 9.17) is 0 Å². The number of benzene rings is 2. The van der Waals surface area contributed by atoms with Crippen LogP contribution in [0.3, 0.4) is 0 Å². The predicted octanol–water partition coefficient (Wildman–Crippen LogP) is 6.08. The van der Waals surface area contributed by atoms with E-state index in [1.54, 1.807) is 5.57 Å². The van der Waals surface area contributed by atoms with Crippen molar-refractivity contribution in [2.45, 2.75) is 46.0 Å². The van der Waals surface area contributed by atoms with Crippen LogP contribution in [0.1, 0.15) is 61.3 Å². The Balaban J connectivity index is 2.12. The Hall–Kier alpha value is -1.82. The molecule has 1 aliphatic rings. The van der Waals surface area contributed by atoms with Gasteiger partial charge in [0.1, 0.15) is 0 Å². The van der Waals surface area contributed by atoms with Crippen LogP contribution in [0.2, 0.25) is 0 Å². The average molecular weight is 276 g/mol. The molecular formula is C21H24. The summed E-state index contributed by atoms with van der Waals surface area (Å²) >= 11 is 0. The van der Waals surface area contributed by atoms with Crippen molar-refractivity contribution in [3.63, 3.8) is 0 Å². The molecule has 0 heterocycles. The van der Waals surface area contributed by atoms with Crippen LogP contribution in [-0.4, -0.2) is 0 Å². The lowest BCUT2D eigenvalue weighted by Gasteiger charge is -2.26. The number of aryl methyl sites for hydroxylation is 1. The lowest BCUT2D eigenvalue weighted by Crippen LogP contribution is -2.10. The van der Waals surface area contributed by atoms with Crippen LogP contribution < -0.4 is 0 Å². The van der Waals surface area contributed by atoms with Crippen LogP contribution in [-0.2, 0) is 0 Å². The first kappa shape index (κ1) is 14.1. The number of allylic oxidation sites excluding steroid dienone is 2. The molecule has 2 aromatic carbocycles. The Kier molecular flexibility index (Phi) is 3.71. The molecule has 1 aliphatic carbocycles. The molecule has 0 aliphatic heterocycles. The van der Waals surface area contributed by atoms with Gasteiger partial charge in [0.05, 0.1) is 0 Å². The third kappa shape index (κ3) is 2.33. The summed E-state index contributed by atoms with van der Waals surface area (Å²) in [4.78, 5) is 0. The van der Waals surface area contributed by atoms with E-state index in [9.17, 15) is 0 Å². The molecule has 0 saturated carbocycles. The minimum Gasteiger partial charge on any atom is -0.0648 e. The highest BCUT2D eigenvalue weighted by Crippen LogP contribution is 2.49. The molecule has 1 unspecified atom stereocenters. The Morgan fingerprint density at radius 3 is 2.33 bits per heavy atom. The van der Waals surface area contributed by atoms with E-state index in [2.05, 4.69) is 76.2 Å². The highest BCUT2D eigenvalue weighted by Gasteiger charge is 2.32. The molecule has 0 fully saturated rings. The normalized spacial score (nSPS) is 18.8. The van der Waals surface area contributed by atoms with Crippen LogP contribution in [0.5, 0.6) is 0 Å². The van der Waals surface area contributed by atoms with Gasteiger partial charge in [-0.25, -0.2) is 0 Å². The summed E-state index contributed by atoms with van der Waals surface area (Å²) < 4.78 is 0. The van der Waals surface area contributed by atoms with Gasteiger partial charge in [-0.3, -0.25) is 0 Å². The molecule has 0 aromatic heterocycles. The number of rotatable bonds is 3. The van der Waals surface area contributed by atoms with Crippen molar-refractivity contribution in [3.05, 3.63) is 76.4 Å². The fourth-order valence-electron chi connectivity index (χ4n) is 3.84. The van der Waals surface area contributed by atoms with Crippen molar-refractivity contribution in [2.75, 3.05) is 0 Å². The van der Waals surface area contributed by atoms with Crippen molar-refractivity contribution in [3.8, 4) is 0 Å². The van der Waals surface area contributed by atoms with Gasteiger partial charge < -0.3 is 0 Å². The predicted molar refractivity (Wildman–Crippen MR) is 91.7 cm³/mol. The first-order valence-electron chi connectivity index (χ1n) is 7.96. The second-order valence-electron chi connectivity index (χ2n) is 6.30. The molecule has 21 heavy (non-hydrogen) atoms. The van der Waals surface area contributed by atoms with E-state index in [-0.39, 0.29) is 0 Å². The van der Waals surface area contributed by atoms with Crippen LogP contribution in [0.15, 0.2) is 54.1 Å². The van der Waals surface area contributed by atoms with Crippen molar-refractivity contribution < 1.29 is 0 Å². The molecular weight excluding hydrogens is 252 g/mol. The summed E-state index contributed by atoms with van der Waals surface area (Å²) in [5, 5.41) is 0. The van der Waals surface area contributed by atoms with Crippen LogP contribution >= 0.6 is 0 Å². The van der Waals surface area contributed by atoms with Gasteiger partial charge >= 0.3 is 0 Å². The molecule has 2 atom stereocenters. The van der Waals surface area contributed by atoms with E-state index >= 15 is 0 Å². The maximum atomic E-state index is 2.39. The standard InChI is InChI=1S/C21H24/c1-5-18(17-9-7-6-8-10-17)21-16(4)15(3)19-12-11-14(2)13-20(19)21/h6-13,18,21H,5H2,1-4H3/t18-,21?/m0/s1. The molecule has 0 nitrogen and oxygen atoms in total. The average Bonchev–Trinajstić information content (AvgIpc) is 2.74. The summed E-state index contributed by atoms with van der Waals surface area (Å²) in [5.74, 6) is 1.11. The highest BCUT2D eigenvalue weighted by atomic mass is 14.4. The van der Waals surface area contributed by atoms with E-state index < -0.39 is 0 Å². The van der Waals surface area contributed by atoms with Crippen LogP contribution in [0, 0.1) is 6.92 Å². The zero-order valence-electron chi connectivity index (χ0n) is 13.5.